The van der Waals surface area contributed by atoms with E-state index in [0.29, 0.717) is 11.1 Å². The maximum Gasteiger partial charge on any atom is 0.358 e. The Bertz CT molecular complexity index is 1780. The number of ether oxygens (including phenoxy) is 2. The van der Waals surface area contributed by atoms with Crippen molar-refractivity contribution < 1.29 is 54.5 Å². The summed E-state index contributed by atoms with van der Waals surface area (Å²) >= 11 is 0. The summed E-state index contributed by atoms with van der Waals surface area (Å²) in [6.07, 6.45) is -0.779. The number of fused-ring (bicyclic) bond motifs is 4. The number of phenols is 2. The molecule has 0 aromatic heterocycles. The van der Waals surface area contributed by atoms with Gasteiger partial charge in [0.2, 0.25) is 0 Å². The third-order valence-corrected chi connectivity index (χ3v) is 9.45. The van der Waals surface area contributed by atoms with Crippen molar-refractivity contribution in [2.75, 3.05) is 7.11 Å². The minimum atomic E-state index is -2.53. The molecule has 2 aromatic carbocycles. The number of rotatable bonds is 1. The van der Waals surface area contributed by atoms with Gasteiger partial charge in [0.1, 0.15) is 40.4 Å². The molecule has 2 aromatic rings. The molecule has 216 valence electrons. The summed E-state index contributed by atoms with van der Waals surface area (Å²) in [6, 6.07) is 4.36. The molecule has 5 aliphatic carbocycles. The summed E-state index contributed by atoms with van der Waals surface area (Å²) in [7, 11) is 1.02. The van der Waals surface area contributed by atoms with E-state index < -0.39 is 69.5 Å². The van der Waals surface area contributed by atoms with E-state index in [-0.39, 0.29) is 58.6 Å². The lowest BCUT2D eigenvalue weighted by molar-refractivity contribution is -0.164. The van der Waals surface area contributed by atoms with Gasteiger partial charge in [0.25, 0.3) is 5.60 Å². The number of Topliss-reactive ketones (excluding diaryl/α,β-unsaturated/α-hetero) is 1. The van der Waals surface area contributed by atoms with Crippen LogP contribution in [0.3, 0.4) is 0 Å². The second-order valence-corrected chi connectivity index (χ2v) is 11.6. The van der Waals surface area contributed by atoms with Gasteiger partial charge in [-0.25, -0.2) is 4.79 Å². The van der Waals surface area contributed by atoms with Crippen molar-refractivity contribution in [3.05, 3.63) is 74.9 Å². The van der Waals surface area contributed by atoms with Crippen LogP contribution in [0.15, 0.2) is 41.5 Å². The SMILES string of the molecule is COC(=O)[C@@]12Oc3c(c(O)cc4c3[C@@H]3CC[C@]5(C4)C(=C(O)c4c(O)cc(C)cc4[C@@H]5O)C3=O)C(O)=C1C(=O)C=C[C@H]2O. The lowest BCUT2D eigenvalue weighted by Crippen LogP contribution is -2.60. The average molecular weight is 575 g/mol. The van der Waals surface area contributed by atoms with Crippen LogP contribution in [0.4, 0.5) is 0 Å². The normalized spacial score (nSPS) is 30.5. The van der Waals surface area contributed by atoms with Gasteiger partial charge in [-0.3, -0.25) is 9.59 Å². The van der Waals surface area contributed by atoms with Crippen molar-refractivity contribution >= 4 is 29.1 Å². The van der Waals surface area contributed by atoms with Crippen molar-refractivity contribution in [2.45, 2.75) is 49.9 Å². The predicted molar refractivity (Wildman–Crippen MR) is 144 cm³/mol. The molecule has 0 radical (unpaired) electrons. The Morgan fingerprint density at radius 1 is 1.00 bits per heavy atom. The Morgan fingerprint density at radius 3 is 2.40 bits per heavy atom. The Hall–Kier alpha value is -4.61. The highest BCUT2D eigenvalue weighted by Gasteiger charge is 2.62. The number of phenolic OH excluding ortho intramolecular Hbond substituents is 2. The van der Waals surface area contributed by atoms with E-state index in [1.165, 1.54) is 12.1 Å². The number of aliphatic hydroxyl groups is 4. The van der Waals surface area contributed by atoms with Gasteiger partial charge in [-0.15, -0.1) is 0 Å². The lowest BCUT2D eigenvalue weighted by atomic mass is 9.58. The van der Waals surface area contributed by atoms with E-state index in [4.69, 9.17) is 9.47 Å². The van der Waals surface area contributed by atoms with Crippen LogP contribution in [0, 0.1) is 12.3 Å². The smallest absolute Gasteiger partial charge is 0.358 e. The van der Waals surface area contributed by atoms with E-state index >= 15 is 0 Å². The molecule has 1 aliphatic heterocycles. The zero-order chi connectivity index (χ0) is 30.0. The fraction of sp³-hybridized carbons (Fsp3) is 0.323. The first kappa shape index (κ1) is 26.3. The summed E-state index contributed by atoms with van der Waals surface area (Å²) in [5.74, 6) is -6.02. The van der Waals surface area contributed by atoms with Gasteiger partial charge in [-0.05, 0) is 67.2 Å². The second-order valence-electron chi connectivity index (χ2n) is 11.6. The van der Waals surface area contributed by atoms with Crippen LogP contribution in [-0.4, -0.2) is 67.0 Å². The van der Waals surface area contributed by atoms with Crippen LogP contribution in [0.5, 0.6) is 17.2 Å². The van der Waals surface area contributed by atoms with Crippen LogP contribution >= 0.6 is 0 Å². The van der Waals surface area contributed by atoms with Crippen LogP contribution in [0.25, 0.3) is 11.5 Å². The molecule has 6 aliphatic rings. The summed E-state index contributed by atoms with van der Waals surface area (Å²) in [6.45, 7) is 1.72. The number of aliphatic hydroxyl groups excluding tert-OH is 4. The summed E-state index contributed by atoms with van der Waals surface area (Å²) in [4.78, 5) is 40.4. The fourth-order valence-corrected chi connectivity index (χ4v) is 7.69. The number of ketones is 2. The molecule has 1 spiro atoms. The Balaban J connectivity index is 1.52. The second kappa shape index (κ2) is 8.24. The fourth-order valence-electron chi connectivity index (χ4n) is 7.69. The summed E-state index contributed by atoms with van der Waals surface area (Å²) in [5, 5.41) is 67.5. The number of aryl methyl sites for hydroxylation is 1. The van der Waals surface area contributed by atoms with Crippen LogP contribution in [-0.2, 0) is 25.5 Å². The van der Waals surface area contributed by atoms with E-state index in [1.54, 1.807) is 13.0 Å². The maximum atomic E-state index is 14.3. The number of aromatic hydroxyl groups is 2. The number of carbonyl (C=O) groups excluding carboxylic acids is 3. The minimum absolute atomic E-state index is 0.0368. The van der Waals surface area contributed by atoms with Gasteiger partial charge in [0.15, 0.2) is 11.6 Å². The standard InChI is InChI=1S/C31H26O11/c1-11-7-14-20(16(33)8-11)25(37)23-24(36)13-5-6-30(23,28(14)39)10-12-9-17(34)21-26(38)22-15(32)3-4-18(35)31(22,29(40)41-2)42-27(21)19(12)13/h3-4,7-9,13,18,28,33-35,37-39H,5-6,10H2,1-2H3/t13-,18+,28-,30-,31-/m0/s1. The van der Waals surface area contributed by atoms with E-state index in [1.807, 2.05) is 0 Å². The molecule has 11 heteroatoms. The van der Waals surface area contributed by atoms with E-state index in [2.05, 4.69) is 0 Å². The molecule has 1 saturated carbocycles. The average Bonchev–Trinajstić information content (AvgIpc) is 3.16. The van der Waals surface area contributed by atoms with Gasteiger partial charge >= 0.3 is 5.97 Å². The highest BCUT2D eigenvalue weighted by Crippen LogP contribution is 2.64. The first-order valence-corrected chi connectivity index (χ1v) is 13.4. The highest BCUT2D eigenvalue weighted by molar-refractivity contribution is 6.17. The molecule has 5 atom stereocenters. The van der Waals surface area contributed by atoms with Gasteiger partial charge < -0.3 is 40.1 Å². The number of hydrogen-bond acceptors (Lipinski definition) is 11. The molecule has 0 unspecified atom stereocenters. The van der Waals surface area contributed by atoms with Gasteiger partial charge in [0.05, 0.1) is 30.3 Å². The van der Waals surface area contributed by atoms with Gasteiger partial charge in [0, 0.05) is 16.6 Å². The molecule has 2 bridgehead atoms. The molecule has 1 fully saturated rings. The first-order valence-electron chi connectivity index (χ1n) is 13.4. The number of benzene rings is 2. The first-order chi connectivity index (χ1) is 19.9. The molecular formula is C31H26O11. The zero-order valence-corrected chi connectivity index (χ0v) is 22.5. The van der Waals surface area contributed by atoms with Crippen molar-refractivity contribution in [3.63, 3.8) is 0 Å². The number of hydrogen-bond donors (Lipinski definition) is 6. The van der Waals surface area contributed by atoms with E-state index in [0.717, 1.165) is 19.3 Å². The molecule has 1 heterocycles. The number of esters is 1. The van der Waals surface area contributed by atoms with Crippen LogP contribution in [0.2, 0.25) is 0 Å². The Labute approximate surface area is 238 Å². The predicted octanol–water partition coefficient (Wildman–Crippen LogP) is 2.48. The van der Waals surface area contributed by atoms with Gasteiger partial charge in [-0.1, -0.05) is 6.07 Å². The van der Waals surface area contributed by atoms with Crippen molar-refractivity contribution in [1.82, 2.24) is 0 Å². The maximum absolute atomic E-state index is 14.3. The van der Waals surface area contributed by atoms with Crippen molar-refractivity contribution in [3.8, 4) is 17.2 Å². The van der Waals surface area contributed by atoms with Gasteiger partial charge in [-0.2, -0.15) is 0 Å². The molecular weight excluding hydrogens is 548 g/mol. The molecule has 6 N–H and O–H groups in total. The number of methoxy groups -OCH3 is 1. The number of allylic oxidation sites excluding steroid dienone is 1. The summed E-state index contributed by atoms with van der Waals surface area (Å²) in [5.41, 5.74) is -3.53. The Kier molecular flexibility index (Phi) is 5.16. The topological polar surface area (TPSA) is 191 Å². The Morgan fingerprint density at radius 2 is 1.69 bits per heavy atom. The van der Waals surface area contributed by atoms with E-state index in [9.17, 15) is 45.0 Å². The van der Waals surface area contributed by atoms with Crippen LogP contribution < -0.4 is 4.74 Å². The lowest BCUT2D eigenvalue weighted by Gasteiger charge is -2.46. The third-order valence-electron chi connectivity index (χ3n) is 9.45. The number of carbonyl (C=O) groups is 3. The van der Waals surface area contributed by atoms with Crippen molar-refractivity contribution in [1.29, 1.82) is 0 Å². The molecule has 0 amide bonds. The monoisotopic (exact) mass is 574 g/mol. The largest absolute Gasteiger partial charge is 0.507 e. The minimum Gasteiger partial charge on any atom is -0.507 e. The van der Waals surface area contributed by atoms with Crippen molar-refractivity contribution in [2.24, 2.45) is 5.41 Å². The molecule has 42 heavy (non-hydrogen) atoms. The zero-order valence-electron chi connectivity index (χ0n) is 22.5. The molecule has 11 nitrogen and oxygen atoms in total. The molecule has 8 rings (SSSR count). The van der Waals surface area contributed by atoms with Crippen LogP contribution in [0.1, 0.15) is 58.2 Å². The summed E-state index contributed by atoms with van der Waals surface area (Å²) < 4.78 is 11.0. The quantitative estimate of drug-likeness (QED) is 0.274. The third kappa shape index (κ3) is 2.89. The molecule has 0 saturated heterocycles. The highest BCUT2D eigenvalue weighted by atomic mass is 16.6.